The molecule has 0 saturated carbocycles. The van der Waals surface area contributed by atoms with Crippen molar-refractivity contribution < 1.29 is 19.1 Å². The summed E-state index contributed by atoms with van der Waals surface area (Å²) in [5, 5.41) is 13.7. The van der Waals surface area contributed by atoms with Crippen molar-refractivity contribution in [3.8, 4) is 0 Å². The van der Waals surface area contributed by atoms with Crippen LogP contribution in [0.5, 0.6) is 0 Å². The maximum Gasteiger partial charge on any atom is 0.337 e. The van der Waals surface area contributed by atoms with Crippen LogP contribution in [0.25, 0.3) is 0 Å². The van der Waals surface area contributed by atoms with Gasteiger partial charge in [0.15, 0.2) is 0 Å². The van der Waals surface area contributed by atoms with Crippen LogP contribution in [0.2, 0.25) is 5.02 Å². The van der Waals surface area contributed by atoms with Crippen molar-refractivity contribution in [2.75, 3.05) is 10.6 Å². The molecule has 0 fully saturated rings. The molecule has 2 amide bonds. The fraction of sp³-hybridized carbons (Fsp3) is 0. The molecular formula is C14H10ClFN2O3. The van der Waals surface area contributed by atoms with E-state index in [-0.39, 0.29) is 22.0 Å². The van der Waals surface area contributed by atoms with Crippen LogP contribution < -0.4 is 10.6 Å². The highest BCUT2D eigenvalue weighted by Gasteiger charge is 2.12. The van der Waals surface area contributed by atoms with E-state index in [1.807, 2.05) is 0 Å². The summed E-state index contributed by atoms with van der Waals surface area (Å²) in [4.78, 5) is 22.8. The van der Waals surface area contributed by atoms with E-state index in [0.717, 1.165) is 6.07 Å². The molecule has 0 heterocycles. The Morgan fingerprint density at radius 3 is 2.48 bits per heavy atom. The van der Waals surface area contributed by atoms with Crippen LogP contribution in [0.15, 0.2) is 42.5 Å². The van der Waals surface area contributed by atoms with Gasteiger partial charge in [-0.3, -0.25) is 0 Å². The third kappa shape index (κ3) is 3.70. The van der Waals surface area contributed by atoms with Gasteiger partial charge in [0.05, 0.1) is 16.3 Å². The smallest absolute Gasteiger partial charge is 0.337 e. The lowest BCUT2D eigenvalue weighted by atomic mass is 10.2. The summed E-state index contributed by atoms with van der Waals surface area (Å²) < 4.78 is 13.2. The van der Waals surface area contributed by atoms with Gasteiger partial charge in [-0.1, -0.05) is 23.7 Å². The molecule has 0 bridgehead atoms. The second-order valence-corrected chi connectivity index (χ2v) is 4.47. The fourth-order valence-electron chi connectivity index (χ4n) is 1.64. The standard InChI is InChI=1S/C14H10ClFN2O3/c15-10-6-5-8(7-11(10)16)17-14(21)18-12-4-2-1-3-9(12)13(19)20/h1-7H,(H,19,20)(H2,17,18,21). The van der Waals surface area contributed by atoms with Gasteiger partial charge in [0.1, 0.15) is 5.82 Å². The van der Waals surface area contributed by atoms with Crippen molar-refractivity contribution in [1.82, 2.24) is 0 Å². The van der Waals surface area contributed by atoms with Crippen molar-refractivity contribution in [3.05, 3.63) is 58.9 Å². The van der Waals surface area contributed by atoms with E-state index in [4.69, 9.17) is 16.7 Å². The number of nitrogens with one attached hydrogen (secondary N) is 2. The molecule has 0 aliphatic rings. The lowest BCUT2D eigenvalue weighted by Gasteiger charge is -2.10. The topological polar surface area (TPSA) is 78.4 Å². The van der Waals surface area contributed by atoms with Crippen molar-refractivity contribution >= 4 is 35.0 Å². The number of carbonyl (C=O) groups is 2. The number of anilines is 2. The zero-order valence-electron chi connectivity index (χ0n) is 10.6. The van der Waals surface area contributed by atoms with Crippen LogP contribution in [0.1, 0.15) is 10.4 Å². The number of hydrogen-bond acceptors (Lipinski definition) is 2. The highest BCUT2D eigenvalue weighted by Crippen LogP contribution is 2.19. The molecule has 0 atom stereocenters. The Bertz CT molecular complexity index is 706. The quantitative estimate of drug-likeness (QED) is 0.806. The number of amides is 2. The molecule has 0 aliphatic heterocycles. The van der Waals surface area contributed by atoms with Gasteiger partial charge in [0, 0.05) is 5.69 Å². The van der Waals surface area contributed by atoms with Gasteiger partial charge in [-0.2, -0.15) is 0 Å². The second kappa shape index (κ2) is 6.23. The molecule has 0 spiro atoms. The van der Waals surface area contributed by atoms with Crippen molar-refractivity contribution in [1.29, 1.82) is 0 Å². The van der Waals surface area contributed by atoms with Crippen LogP contribution >= 0.6 is 11.6 Å². The predicted molar refractivity (Wildman–Crippen MR) is 77.5 cm³/mol. The van der Waals surface area contributed by atoms with Gasteiger partial charge in [0.2, 0.25) is 0 Å². The van der Waals surface area contributed by atoms with E-state index in [0.29, 0.717) is 0 Å². The van der Waals surface area contributed by atoms with Gasteiger partial charge < -0.3 is 15.7 Å². The first kappa shape index (κ1) is 14.8. The number of carbonyl (C=O) groups excluding carboxylic acids is 1. The molecule has 3 N–H and O–H groups in total. The minimum absolute atomic E-state index is 0.0464. The van der Waals surface area contributed by atoms with Gasteiger partial charge >= 0.3 is 12.0 Å². The summed E-state index contributed by atoms with van der Waals surface area (Å²) >= 11 is 5.53. The molecule has 21 heavy (non-hydrogen) atoms. The average Bonchev–Trinajstić information content (AvgIpc) is 2.43. The van der Waals surface area contributed by atoms with E-state index in [9.17, 15) is 14.0 Å². The molecule has 0 saturated heterocycles. The summed E-state index contributed by atoms with van der Waals surface area (Å²) in [5.74, 6) is -1.83. The zero-order valence-corrected chi connectivity index (χ0v) is 11.3. The number of carboxylic acids is 1. The van der Waals surface area contributed by atoms with Crippen LogP contribution in [0.3, 0.4) is 0 Å². The number of rotatable bonds is 3. The number of benzene rings is 2. The molecule has 0 aromatic heterocycles. The number of aromatic carboxylic acids is 1. The Morgan fingerprint density at radius 2 is 1.81 bits per heavy atom. The maximum absolute atomic E-state index is 13.2. The minimum atomic E-state index is -1.16. The Morgan fingerprint density at radius 1 is 1.10 bits per heavy atom. The van der Waals surface area contributed by atoms with Crippen molar-refractivity contribution in [3.63, 3.8) is 0 Å². The van der Waals surface area contributed by atoms with Gasteiger partial charge in [0.25, 0.3) is 0 Å². The highest BCUT2D eigenvalue weighted by molar-refractivity contribution is 6.30. The number of hydrogen-bond donors (Lipinski definition) is 3. The lowest BCUT2D eigenvalue weighted by molar-refractivity contribution is 0.0698. The first-order valence-corrected chi connectivity index (χ1v) is 6.20. The van der Waals surface area contributed by atoms with E-state index in [1.54, 1.807) is 12.1 Å². The predicted octanol–water partition coefficient (Wildman–Crippen LogP) is 3.82. The fourth-order valence-corrected chi connectivity index (χ4v) is 1.75. The molecule has 0 aliphatic carbocycles. The van der Waals surface area contributed by atoms with E-state index in [2.05, 4.69) is 10.6 Å². The third-order valence-corrected chi connectivity index (χ3v) is 2.89. The summed E-state index contributed by atoms with van der Waals surface area (Å²) in [6, 6.07) is 9.04. The Kier molecular flexibility index (Phi) is 4.39. The van der Waals surface area contributed by atoms with E-state index < -0.39 is 17.8 Å². The van der Waals surface area contributed by atoms with Crippen molar-refractivity contribution in [2.24, 2.45) is 0 Å². The van der Waals surface area contributed by atoms with Gasteiger partial charge in [-0.05, 0) is 30.3 Å². The van der Waals surface area contributed by atoms with Crippen LogP contribution in [0.4, 0.5) is 20.6 Å². The van der Waals surface area contributed by atoms with Crippen LogP contribution in [0, 0.1) is 5.82 Å². The van der Waals surface area contributed by atoms with Gasteiger partial charge in [-0.15, -0.1) is 0 Å². The van der Waals surface area contributed by atoms with Crippen molar-refractivity contribution in [2.45, 2.75) is 0 Å². The monoisotopic (exact) mass is 308 g/mol. The molecular weight excluding hydrogens is 299 g/mol. The summed E-state index contributed by atoms with van der Waals surface area (Å²) in [7, 11) is 0. The Hall–Kier alpha value is -2.60. The number of carboxylic acid groups (broad SMARTS) is 1. The van der Waals surface area contributed by atoms with E-state index >= 15 is 0 Å². The molecule has 7 heteroatoms. The summed E-state index contributed by atoms with van der Waals surface area (Å²) in [6.07, 6.45) is 0. The Balaban J connectivity index is 2.12. The highest BCUT2D eigenvalue weighted by atomic mass is 35.5. The number of halogens is 2. The molecule has 2 rings (SSSR count). The largest absolute Gasteiger partial charge is 0.478 e. The summed E-state index contributed by atoms with van der Waals surface area (Å²) in [5.41, 5.74) is 0.286. The first-order valence-electron chi connectivity index (χ1n) is 5.83. The lowest BCUT2D eigenvalue weighted by Crippen LogP contribution is -2.21. The van der Waals surface area contributed by atoms with Crippen LogP contribution in [-0.2, 0) is 0 Å². The SMILES string of the molecule is O=C(Nc1ccc(Cl)c(F)c1)Nc1ccccc1C(=O)O. The molecule has 0 radical (unpaired) electrons. The van der Waals surface area contributed by atoms with E-state index in [1.165, 1.54) is 24.3 Å². The minimum Gasteiger partial charge on any atom is -0.478 e. The third-order valence-electron chi connectivity index (χ3n) is 2.58. The average molecular weight is 309 g/mol. The molecule has 2 aromatic carbocycles. The number of urea groups is 1. The Labute approximate surface area is 124 Å². The normalized spacial score (nSPS) is 10.0. The van der Waals surface area contributed by atoms with Crippen LogP contribution in [-0.4, -0.2) is 17.1 Å². The zero-order chi connectivity index (χ0) is 15.4. The second-order valence-electron chi connectivity index (χ2n) is 4.06. The first-order chi connectivity index (χ1) is 9.97. The molecule has 2 aromatic rings. The maximum atomic E-state index is 13.2. The molecule has 0 unspecified atom stereocenters. The summed E-state index contributed by atoms with van der Waals surface area (Å²) in [6.45, 7) is 0. The molecule has 108 valence electrons. The number of para-hydroxylation sites is 1. The van der Waals surface area contributed by atoms with Gasteiger partial charge in [-0.25, -0.2) is 14.0 Å². The molecule has 5 nitrogen and oxygen atoms in total.